The summed E-state index contributed by atoms with van der Waals surface area (Å²) in [5.41, 5.74) is 7.55. The Balaban J connectivity index is 2.38. The predicted molar refractivity (Wildman–Crippen MR) is 87.4 cm³/mol. The quantitative estimate of drug-likeness (QED) is 0.918. The van der Waals surface area contributed by atoms with Crippen LogP contribution in [0.25, 0.3) is 0 Å². The van der Waals surface area contributed by atoms with Crippen LogP contribution in [0.5, 0.6) is 0 Å². The number of benzene rings is 1. The van der Waals surface area contributed by atoms with Crippen LogP contribution in [-0.2, 0) is 9.84 Å². The third-order valence-corrected chi connectivity index (χ3v) is 6.33. The maximum Gasteiger partial charge on any atom is 0.169 e. The highest BCUT2D eigenvalue weighted by Gasteiger charge is 2.32. The number of hydrogen-bond donors (Lipinski definition) is 1. The van der Waals surface area contributed by atoms with Crippen molar-refractivity contribution in [3.63, 3.8) is 0 Å². The Morgan fingerprint density at radius 2 is 2.20 bits per heavy atom. The summed E-state index contributed by atoms with van der Waals surface area (Å²) in [5.74, 6) is 1.47. The van der Waals surface area contributed by atoms with Crippen molar-refractivity contribution in [2.45, 2.75) is 18.3 Å². The number of nitrogens with two attached hydrogens (primary N) is 1. The minimum atomic E-state index is -3.14. The maximum atomic E-state index is 11.9. The lowest BCUT2D eigenvalue weighted by atomic mass is 10.1. The van der Waals surface area contributed by atoms with E-state index in [0.717, 1.165) is 17.0 Å². The topological polar surface area (TPSA) is 63.4 Å². The van der Waals surface area contributed by atoms with Crippen molar-refractivity contribution in [3.8, 4) is 0 Å². The minimum absolute atomic E-state index is 0.0934. The van der Waals surface area contributed by atoms with E-state index in [1.807, 2.05) is 30.0 Å². The van der Waals surface area contributed by atoms with E-state index in [2.05, 4.69) is 0 Å². The summed E-state index contributed by atoms with van der Waals surface area (Å²) in [6.07, 6.45) is 1.28. The van der Waals surface area contributed by atoms with E-state index < -0.39 is 15.2 Å². The standard InChI is InChI=1S/C13H19ClN2O2S2/c1-9(15)10-3-4-12(11(14)7-10)16-5-6-19-8-13(16)20(2,17)18/h3-4,7,9,13H,5-6,8,15H2,1-2H3. The SMILES string of the molecule is CC(N)c1ccc(N2CCSCC2S(C)(=O)=O)c(Cl)c1. The number of hydrogen-bond acceptors (Lipinski definition) is 5. The van der Waals surface area contributed by atoms with Crippen molar-refractivity contribution in [2.24, 2.45) is 5.73 Å². The third-order valence-electron chi connectivity index (χ3n) is 3.39. The summed E-state index contributed by atoms with van der Waals surface area (Å²) < 4.78 is 23.9. The summed E-state index contributed by atoms with van der Waals surface area (Å²) in [7, 11) is -3.14. The molecule has 2 rings (SSSR count). The van der Waals surface area contributed by atoms with Gasteiger partial charge in [-0.3, -0.25) is 0 Å². The predicted octanol–water partition coefficient (Wildman–Crippen LogP) is 2.28. The second-order valence-electron chi connectivity index (χ2n) is 5.05. The van der Waals surface area contributed by atoms with Crippen LogP contribution >= 0.6 is 23.4 Å². The summed E-state index contributed by atoms with van der Waals surface area (Å²) >= 11 is 7.98. The summed E-state index contributed by atoms with van der Waals surface area (Å²) in [6.45, 7) is 2.57. The van der Waals surface area contributed by atoms with Crippen LogP contribution in [0.3, 0.4) is 0 Å². The van der Waals surface area contributed by atoms with E-state index >= 15 is 0 Å². The van der Waals surface area contributed by atoms with Gasteiger partial charge in [0.1, 0.15) is 5.37 Å². The van der Waals surface area contributed by atoms with Gasteiger partial charge < -0.3 is 10.6 Å². The Hall–Kier alpha value is -0.430. The average Bonchev–Trinajstić information content (AvgIpc) is 2.37. The first-order chi connectivity index (χ1) is 9.30. The molecule has 2 N–H and O–H groups in total. The van der Waals surface area contributed by atoms with Crippen LogP contribution in [0, 0.1) is 0 Å². The molecule has 0 aromatic heterocycles. The Kier molecular flexibility index (Phi) is 4.89. The lowest BCUT2D eigenvalue weighted by molar-refractivity contribution is 0.584. The Morgan fingerprint density at radius 1 is 1.50 bits per heavy atom. The summed E-state index contributed by atoms with van der Waals surface area (Å²) in [5, 5.41) is 0.0419. The molecule has 0 bridgehead atoms. The van der Waals surface area contributed by atoms with Crippen LogP contribution < -0.4 is 10.6 Å². The first-order valence-electron chi connectivity index (χ1n) is 6.39. The van der Waals surface area contributed by atoms with Crippen molar-refractivity contribution in [1.82, 2.24) is 0 Å². The van der Waals surface area contributed by atoms with E-state index in [1.54, 1.807) is 11.8 Å². The fourth-order valence-electron chi connectivity index (χ4n) is 2.25. The van der Waals surface area contributed by atoms with Gasteiger partial charge in [-0.05, 0) is 24.6 Å². The van der Waals surface area contributed by atoms with Gasteiger partial charge in [-0.25, -0.2) is 8.42 Å². The van der Waals surface area contributed by atoms with Gasteiger partial charge in [0.2, 0.25) is 0 Å². The monoisotopic (exact) mass is 334 g/mol. The fourth-order valence-corrected chi connectivity index (χ4v) is 5.38. The summed E-state index contributed by atoms with van der Waals surface area (Å²) in [6, 6.07) is 5.51. The molecular formula is C13H19ClN2O2S2. The zero-order valence-corrected chi connectivity index (χ0v) is 13.9. The molecule has 0 amide bonds. The summed E-state index contributed by atoms with van der Waals surface area (Å²) in [4.78, 5) is 1.89. The smallest absolute Gasteiger partial charge is 0.169 e. The van der Waals surface area contributed by atoms with Gasteiger partial charge in [0.15, 0.2) is 9.84 Å². The number of rotatable bonds is 3. The molecule has 112 valence electrons. The number of nitrogens with zero attached hydrogens (tertiary/aromatic N) is 1. The number of thioether (sulfide) groups is 1. The van der Waals surface area contributed by atoms with Crippen molar-refractivity contribution in [2.75, 3.05) is 29.2 Å². The Labute approximate surface area is 129 Å². The second kappa shape index (κ2) is 6.13. The molecule has 1 aliphatic rings. The van der Waals surface area contributed by atoms with Crippen LogP contribution in [-0.4, -0.2) is 38.1 Å². The first kappa shape index (κ1) is 15.9. The van der Waals surface area contributed by atoms with Gasteiger partial charge in [-0.1, -0.05) is 17.7 Å². The zero-order valence-electron chi connectivity index (χ0n) is 11.5. The molecule has 1 aliphatic heterocycles. The lowest BCUT2D eigenvalue weighted by Crippen LogP contribution is -2.47. The number of sulfone groups is 1. The molecule has 0 spiro atoms. The van der Waals surface area contributed by atoms with E-state index in [9.17, 15) is 8.42 Å². The largest absolute Gasteiger partial charge is 0.352 e. The van der Waals surface area contributed by atoms with Crippen molar-refractivity contribution < 1.29 is 8.42 Å². The third kappa shape index (κ3) is 3.42. The molecule has 1 heterocycles. The van der Waals surface area contributed by atoms with Crippen molar-refractivity contribution in [1.29, 1.82) is 0 Å². The highest BCUT2D eigenvalue weighted by atomic mass is 35.5. The van der Waals surface area contributed by atoms with Crippen molar-refractivity contribution >= 4 is 38.9 Å². The fraction of sp³-hybridized carbons (Fsp3) is 0.538. The van der Waals surface area contributed by atoms with E-state index in [1.165, 1.54) is 6.26 Å². The van der Waals surface area contributed by atoms with Gasteiger partial charge in [-0.15, -0.1) is 0 Å². The molecular weight excluding hydrogens is 316 g/mol. The number of halogens is 1. The first-order valence-corrected chi connectivity index (χ1v) is 9.87. The van der Waals surface area contributed by atoms with E-state index in [0.29, 0.717) is 17.3 Å². The van der Waals surface area contributed by atoms with E-state index in [4.69, 9.17) is 17.3 Å². The molecule has 1 saturated heterocycles. The normalized spacial score (nSPS) is 21.8. The van der Waals surface area contributed by atoms with Gasteiger partial charge in [-0.2, -0.15) is 11.8 Å². The van der Waals surface area contributed by atoms with Crippen LogP contribution in [0.15, 0.2) is 18.2 Å². The van der Waals surface area contributed by atoms with Gasteiger partial charge >= 0.3 is 0 Å². The van der Waals surface area contributed by atoms with Gasteiger partial charge in [0.25, 0.3) is 0 Å². The van der Waals surface area contributed by atoms with Gasteiger partial charge in [0, 0.05) is 30.3 Å². The second-order valence-corrected chi connectivity index (χ2v) is 8.81. The zero-order chi connectivity index (χ0) is 14.9. The minimum Gasteiger partial charge on any atom is -0.352 e. The molecule has 2 unspecified atom stereocenters. The van der Waals surface area contributed by atoms with Gasteiger partial charge in [0.05, 0.1) is 10.7 Å². The van der Waals surface area contributed by atoms with E-state index in [-0.39, 0.29) is 6.04 Å². The molecule has 1 aromatic rings. The molecule has 7 heteroatoms. The lowest BCUT2D eigenvalue weighted by Gasteiger charge is -2.36. The van der Waals surface area contributed by atoms with Crippen molar-refractivity contribution in [3.05, 3.63) is 28.8 Å². The molecule has 0 aliphatic carbocycles. The molecule has 1 aromatic carbocycles. The molecule has 0 saturated carbocycles. The molecule has 20 heavy (non-hydrogen) atoms. The molecule has 2 atom stereocenters. The van der Waals surface area contributed by atoms with Crippen LogP contribution in [0.2, 0.25) is 5.02 Å². The average molecular weight is 335 g/mol. The number of anilines is 1. The molecule has 1 fully saturated rings. The van der Waals surface area contributed by atoms with Crippen LogP contribution in [0.1, 0.15) is 18.5 Å². The highest BCUT2D eigenvalue weighted by molar-refractivity contribution is 8.01. The molecule has 4 nitrogen and oxygen atoms in total. The van der Waals surface area contributed by atoms with Crippen LogP contribution in [0.4, 0.5) is 5.69 Å². The maximum absolute atomic E-state index is 11.9. The highest BCUT2D eigenvalue weighted by Crippen LogP contribution is 2.33. The Morgan fingerprint density at radius 3 is 2.75 bits per heavy atom. The molecule has 0 radical (unpaired) electrons. The Bertz CT molecular complexity index is 590.